The highest BCUT2D eigenvalue weighted by Gasteiger charge is 2.06. The van der Waals surface area contributed by atoms with Gasteiger partial charge < -0.3 is 9.40 Å². The first-order valence-electron chi connectivity index (χ1n) is 3.35. The molecular formula is C8H7NO2. The van der Waals surface area contributed by atoms with Crippen molar-refractivity contribution in [2.75, 3.05) is 0 Å². The summed E-state index contributed by atoms with van der Waals surface area (Å²) in [6.45, 7) is 1.48. The Morgan fingerprint density at radius 2 is 2.45 bits per heavy atom. The van der Waals surface area contributed by atoms with Crippen molar-refractivity contribution in [1.82, 2.24) is 4.98 Å². The smallest absolute Gasteiger partial charge is 0.195 e. The molecule has 56 valence electrons. The first-order valence-corrected chi connectivity index (χ1v) is 3.35. The van der Waals surface area contributed by atoms with Gasteiger partial charge in [0.15, 0.2) is 17.1 Å². The number of fused-ring (bicyclic) bond motifs is 1. The Kier molecular flexibility index (Phi) is 1.12. The van der Waals surface area contributed by atoms with Crippen molar-refractivity contribution in [2.24, 2.45) is 0 Å². The number of carbonyl (C=O) groups is 1. The van der Waals surface area contributed by atoms with Gasteiger partial charge in [0.05, 0.1) is 5.52 Å². The van der Waals surface area contributed by atoms with Crippen LogP contribution in [-0.2, 0) is 0 Å². The molecule has 2 rings (SSSR count). The highest BCUT2D eigenvalue weighted by atomic mass is 16.3. The van der Waals surface area contributed by atoms with Crippen molar-refractivity contribution in [3.05, 3.63) is 24.1 Å². The number of furan rings is 1. The van der Waals surface area contributed by atoms with Gasteiger partial charge in [-0.2, -0.15) is 0 Å². The maximum Gasteiger partial charge on any atom is 0.195 e. The van der Waals surface area contributed by atoms with Crippen molar-refractivity contribution in [3.8, 4) is 0 Å². The Morgan fingerprint density at radius 1 is 1.64 bits per heavy atom. The van der Waals surface area contributed by atoms with Crippen LogP contribution >= 0.6 is 0 Å². The molecule has 2 heterocycles. The molecular weight excluding hydrogens is 142 g/mol. The van der Waals surface area contributed by atoms with Crippen molar-refractivity contribution in [2.45, 2.75) is 6.92 Å². The average Bonchev–Trinajstić information content (AvgIpc) is 2.40. The van der Waals surface area contributed by atoms with E-state index in [9.17, 15) is 4.79 Å². The summed E-state index contributed by atoms with van der Waals surface area (Å²) >= 11 is 0. The summed E-state index contributed by atoms with van der Waals surface area (Å²) in [7, 11) is 0. The number of rotatable bonds is 1. The molecule has 0 bridgehead atoms. The zero-order valence-corrected chi connectivity index (χ0v) is 6.05. The van der Waals surface area contributed by atoms with Crippen molar-refractivity contribution < 1.29 is 9.21 Å². The van der Waals surface area contributed by atoms with E-state index in [0.29, 0.717) is 5.76 Å². The second-order valence-electron chi connectivity index (χ2n) is 2.42. The topological polar surface area (TPSA) is 46.0 Å². The Balaban J connectivity index is 2.67. The maximum atomic E-state index is 10.8. The summed E-state index contributed by atoms with van der Waals surface area (Å²) in [5.41, 5.74) is 1.60. The molecule has 0 saturated heterocycles. The fourth-order valence-electron chi connectivity index (χ4n) is 1.02. The van der Waals surface area contributed by atoms with Crippen LogP contribution < -0.4 is 0 Å². The molecule has 0 aliphatic carbocycles. The van der Waals surface area contributed by atoms with E-state index in [1.807, 2.05) is 0 Å². The predicted octanol–water partition coefficient (Wildman–Crippen LogP) is 1.96. The van der Waals surface area contributed by atoms with Gasteiger partial charge in [0, 0.05) is 19.2 Å². The monoisotopic (exact) mass is 149 g/mol. The van der Waals surface area contributed by atoms with E-state index in [-0.39, 0.29) is 5.78 Å². The van der Waals surface area contributed by atoms with E-state index in [1.165, 1.54) is 6.92 Å². The van der Waals surface area contributed by atoms with Crippen molar-refractivity contribution in [3.63, 3.8) is 0 Å². The number of aromatic nitrogens is 1. The standard InChI is InChI=1S/C8H7NO2/c1-5(10)8-4-6-7(11-8)2-3-9-6/h2-4,9H,1H3. The largest absolute Gasteiger partial charge is 0.451 e. The number of hydrogen-bond acceptors (Lipinski definition) is 2. The van der Waals surface area contributed by atoms with Gasteiger partial charge >= 0.3 is 0 Å². The summed E-state index contributed by atoms with van der Waals surface area (Å²) in [6.07, 6.45) is 1.78. The predicted molar refractivity (Wildman–Crippen MR) is 40.6 cm³/mol. The van der Waals surface area contributed by atoms with Crippen LogP contribution in [0.2, 0.25) is 0 Å². The number of hydrogen-bond donors (Lipinski definition) is 1. The lowest BCUT2D eigenvalue weighted by Gasteiger charge is -1.81. The highest BCUT2D eigenvalue weighted by molar-refractivity contribution is 5.95. The molecule has 0 aliphatic heterocycles. The third-order valence-electron chi connectivity index (χ3n) is 1.58. The number of H-pyrrole nitrogens is 1. The quantitative estimate of drug-likeness (QED) is 0.630. The van der Waals surface area contributed by atoms with Crippen LogP contribution in [-0.4, -0.2) is 10.8 Å². The lowest BCUT2D eigenvalue weighted by atomic mass is 10.3. The van der Waals surface area contributed by atoms with E-state index in [4.69, 9.17) is 4.42 Å². The Bertz CT molecular complexity index is 368. The van der Waals surface area contributed by atoms with Crippen LogP contribution in [0, 0.1) is 0 Å². The van der Waals surface area contributed by atoms with Gasteiger partial charge in [-0.25, -0.2) is 0 Å². The fraction of sp³-hybridized carbons (Fsp3) is 0.125. The second kappa shape index (κ2) is 1.99. The zero-order chi connectivity index (χ0) is 7.84. The van der Waals surface area contributed by atoms with E-state index in [1.54, 1.807) is 18.3 Å². The van der Waals surface area contributed by atoms with Crippen molar-refractivity contribution >= 4 is 16.9 Å². The summed E-state index contributed by atoms with van der Waals surface area (Å²) in [5, 5.41) is 0. The van der Waals surface area contributed by atoms with Gasteiger partial charge in [-0.3, -0.25) is 4.79 Å². The molecule has 0 saturated carbocycles. The third-order valence-corrected chi connectivity index (χ3v) is 1.58. The molecule has 0 atom stereocenters. The molecule has 0 amide bonds. The van der Waals surface area contributed by atoms with E-state index >= 15 is 0 Å². The van der Waals surface area contributed by atoms with Gasteiger partial charge in [-0.05, 0) is 6.07 Å². The van der Waals surface area contributed by atoms with Crippen LogP contribution in [0.4, 0.5) is 0 Å². The van der Waals surface area contributed by atoms with Crippen LogP contribution in [0.25, 0.3) is 11.1 Å². The number of Topliss-reactive ketones (excluding diaryl/α,β-unsaturated/α-hetero) is 1. The van der Waals surface area contributed by atoms with E-state index in [2.05, 4.69) is 4.98 Å². The van der Waals surface area contributed by atoms with Crippen LogP contribution in [0.1, 0.15) is 17.5 Å². The van der Waals surface area contributed by atoms with E-state index < -0.39 is 0 Å². The van der Waals surface area contributed by atoms with E-state index in [0.717, 1.165) is 11.1 Å². The minimum atomic E-state index is -0.0467. The second-order valence-corrected chi connectivity index (χ2v) is 2.42. The molecule has 2 aromatic heterocycles. The molecule has 3 nitrogen and oxygen atoms in total. The average molecular weight is 149 g/mol. The molecule has 0 unspecified atom stereocenters. The van der Waals surface area contributed by atoms with Crippen LogP contribution in [0.3, 0.4) is 0 Å². The Hall–Kier alpha value is -1.51. The fourth-order valence-corrected chi connectivity index (χ4v) is 1.02. The highest BCUT2D eigenvalue weighted by Crippen LogP contribution is 2.17. The maximum absolute atomic E-state index is 10.8. The lowest BCUT2D eigenvalue weighted by molar-refractivity contribution is 0.0989. The molecule has 0 fully saturated rings. The molecule has 3 heteroatoms. The van der Waals surface area contributed by atoms with Crippen molar-refractivity contribution in [1.29, 1.82) is 0 Å². The molecule has 0 aromatic carbocycles. The SMILES string of the molecule is CC(=O)c1cc2[nH]ccc2o1. The minimum absolute atomic E-state index is 0.0467. The molecule has 11 heavy (non-hydrogen) atoms. The first kappa shape index (κ1) is 6.22. The van der Waals surface area contributed by atoms with Crippen LogP contribution in [0.15, 0.2) is 22.7 Å². The third kappa shape index (κ3) is 0.852. The van der Waals surface area contributed by atoms with Gasteiger partial charge in [0.1, 0.15) is 0 Å². The number of carbonyl (C=O) groups excluding carboxylic acids is 1. The summed E-state index contributed by atoms with van der Waals surface area (Å²) in [6, 6.07) is 3.50. The van der Waals surface area contributed by atoms with Gasteiger partial charge in [-0.1, -0.05) is 0 Å². The van der Waals surface area contributed by atoms with Gasteiger partial charge in [-0.15, -0.1) is 0 Å². The summed E-state index contributed by atoms with van der Waals surface area (Å²) < 4.78 is 5.19. The number of nitrogens with one attached hydrogen (secondary N) is 1. The van der Waals surface area contributed by atoms with Crippen LogP contribution in [0.5, 0.6) is 0 Å². The molecule has 2 aromatic rings. The molecule has 0 aliphatic rings. The summed E-state index contributed by atoms with van der Waals surface area (Å²) in [4.78, 5) is 13.8. The number of ketones is 1. The number of aromatic amines is 1. The normalized spacial score (nSPS) is 10.6. The molecule has 1 N–H and O–H groups in total. The molecule has 0 radical (unpaired) electrons. The Morgan fingerprint density at radius 3 is 3.09 bits per heavy atom. The van der Waals surface area contributed by atoms with Gasteiger partial charge in [0.25, 0.3) is 0 Å². The molecule has 0 spiro atoms. The summed E-state index contributed by atoms with van der Waals surface area (Å²) in [5.74, 6) is 0.362. The first-order chi connectivity index (χ1) is 5.27. The zero-order valence-electron chi connectivity index (χ0n) is 6.05. The lowest BCUT2D eigenvalue weighted by Crippen LogP contribution is -1.85. The van der Waals surface area contributed by atoms with Gasteiger partial charge in [0.2, 0.25) is 0 Å². The minimum Gasteiger partial charge on any atom is -0.451 e. The Labute approximate surface area is 63.0 Å².